The quantitative estimate of drug-likeness (QED) is 0.333. The lowest BCUT2D eigenvalue weighted by Crippen LogP contribution is -2.37. The minimum absolute atomic E-state index is 0.00782. The third-order valence-electron chi connectivity index (χ3n) is 5.18. The summed E-state index contributed by atoms with van der Waals surface area (Å²) in [6, 6.07) is 12.4. The van der Waals surface area contributed by atoms with Crippen LogP contribution in [0.1, 0.15) is 16.7 Å². The molecular weight excluding hydrogens is 464 g/mol. The van der Waals surface area contributed by atoms with Gasteiger partial charge < -0.3 is 19.9 Å². The highest BCUT2D eigenvalue weighted by molar-refractivity contribution is 5.94. The first-order valence-corrected chi connectivity index (χ1v) is 10.8. The van der Waals surface area contributed by atoms with Gasteiger partial charge in [-0.15, -0.1) is 0 Å². The van der Waals surface area contributed by atoms with Crippen LogP contribution in [0.4, 0.5) is 5.82 Å². The summed E-state index contributed by atoms with van der Waals surface area (Å²) in [4.78, 5) is 25.5. The average Bonchev–Trinajstić information content (AvgIpc) is 3.33. The van der Waals surface area contributed by atoms with Gasteiger partial charge in [0.2, 0.25) is 12.0 Å². The van der Waals surface area contributed by atoms with E-state index in [1.807, 2.05) is 19.1 Å². The first kappa shape index (κ1) is 24.2. The van der Waals surface area contributed by atoms with Crippen molar-refractivity contribution in [1.82, 2.24) is 24.7 Å². The zero-order valence-corrected chi connectivity index (χ0v) is 19.1. The molecule has 0 aliphatic carbocycles. The number of anilines is 1. The first-order valence-electron chi connectivity index (χ1n) is 10.8. The van der Waals surface area contributed by atoms with Gasteiger partial charge in [0.1, 0.15) is 23.6 Å². The molecule has 12 nitrogen and oxygen atoms in total. The van der Waals surface area contributed by atoms with Crippen LogP contribution in [0, 0.1) is 29.6 Å². The van der Waals surface area contributed by atoms with Crippen LogP contribution in [0.25, 0.3) is 16.7 Å². The number of ether oxygens (including phenoxy) is 2. The van der Waals surface area contributed by atoms with E-state index in [0.29, 0.717) is 27.8 Å². The molecule has 0 saturated heterocycles. The number of carbonyl (C=O) groups is 1. The molecule has 0 bridgehead atoms. The number of aromatic nitrogens is 5. The van der Waals surface area contributed by atoms with Crippen LogP contribution in [0.15, 0.2) is 49.1 Å². The zero-order chi connectivity index (χ0) is 25.5. The van der Waals surface area contributed by atoms with Crippen molar-refractivity contribution in [3.63, 3.8) is 0 Å². The van der Waals surface area contributed by atoms with Crippen molar-refractivity contribution in [2.45, 2.75) is 13.0 Å². The summed E-state index contributed by atoms with van der Waals surface area (Å²) in [6.07, 6.45) is 2.97. The van der Waals surface area contributed by atoms with E-state index in [2.05, 4.69) is 31.4 Å². The summed E-state index contributed by atoms with van der Waals surface area (Å²) >= 11 is 0. The van der Waals surface area contributed by atoms with Crippen LogP contribution in [0.3, 0.4) is 0 Å². The number of amides is 1. The third kappa shape index (κ3) is 5.10. The van der Waals surface area contributed by atoms with Crippen molar-refractivity contribution < 1.29 is 19.4 Å². The second kappa shape index (κ2) is 11.0. The molecule has 1 amide bonds. The normalized spacial score (nSPS) is 11.4. The van der Waals surface area contributed by atoms with Gasteiger partial charge in [-0.2, -0.15) is 15.6 Å². The van der Waals surface area contributed by atoms with Gasteiger partial charge in [-0.1, -0.05) is 6.07 Å². The molecule has 4 aromatic rings. The Hall–Kier alpha value is -4.91. The van der Waals surface area contributed by atoms with Gasteiger partial charge in [0.05, 0.1) is 48.9 Å². The summed E-state index contributed by atoms with van der Waals surface area (Å²) < 4.78 is 12.8. The average molecular weight is 484 g/mol. The Labute approximate surface area is 205 Å². The summed E-state index contributed by atoms with van der Waals surface area (Å²) in [5.41, 5.74) is 2.68. The van der Waals surface area contributed by atoms with Crippen LogP contribution >= 0.6 is 0 Å². The Balaban J connectivity index is 1.63. The highest BCUT2D eigenvalue weighted by Crippen LogP contribution is 2.26. The van der Waals surface area contributed by atoms with Gasteiger partial charge in [-0.05, 0) is 36.8 Å². The predicted molar refractivity (Wildman–Crippen MR) is 126 cm³/mol. The molecule has 1 aromatic carbocycles. The number of nitriles is 2. The van der Waals surface area contributed by atoms with Crippen molar-refractivity contribution >= 4 is 22.8 Å². The van der Waals surface area contributed by atoms with Crippen molar-refractivity contribution in [1.29, 1.82) is 10.5 Å². The third-order valence-corrected chi connectivity index (χ3v) is 5.18. The van der Waals surface area contributed by atoms with Gasteiger partial charge in [-0.25, -0.2) is 19.6 Å². The lowest BCUT2D eigenvalue weighted by Gasteiger charge is -2.18. The van der Waals surface area contributed by atoms with Gasteiger partial charge in [0.25, 0.3) is 5.91 Å². The molecule has 2 N–H and O–H groups in total. The number of hydrogen-bond acceptors (Lipinski definition) is 10. The molecule has 3 heterocycles. The van der Waals surface area contributed by atoms with Crippen LogP contribution in [-0.2, 0) is 9.53 Å². The van der Waals surface area contributed by atoms with Crippen molar-refractivity contribution in [2.75, 3.05) is 25.1 Å². The Morgan fingerprint density at radius 3 is 2.75 bits per heavy atom. The smallest absolute Gasteiger partial charge is 0.269 e. The second-order valence-corrected chi connectivity index (χ2v) is 7.47. The van der Waals surface area contributed by atoms with Crippen molar-refractivity contribution in [2.24, 2.45) is 0 Å². The SMILES string of the molecule is Cc1c(C#N)cccc1-n1ncc2c(OC(COCCO)C(=O)Nc3ccc(C#N)cn3)ncnc21. The van der Waals surface area contributed by atoms with E-state index < -0.39 is 12.0 Å². The van der Waals surface area contributed by atoms with E-state index in [1.165, 1.54) is 30.9 Å². The number of aliphatic hydroxyl groups is 1. The maximum absolute atomic E-state index is 13.0. The molecule has 4 rings (SSSR count). The van der Waals surface area contributed by atoms with Crippen LogP contribution in [-0.4, -0.2) is 61.7 Å². The van der Waals surface area contributed by atoms with Gasteiger partial charge in [0.15, 0.2) is 5.65 Å². The Morgan fingerprint density at radius 2 is 2.03 bits per heavy atom. The highest BCUT2D eigenvalue weighted by Gasteiger charge is 2.24. The number of benzene rings is 1. The molecule has 0 spiro atoms. The number of rotatable bonds is 9. The molecule has 180 valence electrons. The Bertz CT molecular complexity index is 1470. The number of pyridine rings is 1. The fourth-order valence-electron chi connectivity index (χ4n) is 3.36. The van der Waals surface area contributed by atoms with Crippen LogP contribution in [0.5, 0.6) is 5.88 Å². The maximum Gasteiger partial charge on any atom is 0.269 e. The van der Waals surface area contributed by atoms with Gasteiger partial charge >= 0.3 is 0 Å². The molecule has 1 unspecified atom stereocenters. The minimum Gasteiger partial charge on any atom is -0.461 e. The minimum atomic E-state index is -1.15. The zero-order valence-electron chi connectivity index (χ0n) is 19.1. The fraction of sp³-hybridized carbons (Fsp3) is 0.208. The summed E-state index contributed by atoms with van der Waals surface area (Å²) in [5, 5.41) is 34.8. The van der Waals surface area contributed by atoms with Crippen molar-refractivity contribution in [3.05, 3.63) is 65.7 Å². The molecule has 3 aromatic heterocycles. The monoisotopic (exact) mass is 484 g/mol. The molecule has 0 radical (unpaired) electrons. The first-order chi connectivity index (χ1) is 17.5. The topological polar surface area (TPSA) is 172 Å². The maximum atomic E-state index is 13.0. The number of carbonyl (C=O) groups excluding carboxylic acids is 1. The van der Waals surface area contributed by atoms with E-state index >= 15 is 0 Å². The molecular formula is C24H20N8O4. The van der Waals surface area contributed by atoms with E-state index in [9.17, 15) is 10.1 Å². The Kier molecular flexibility index (Phi) is 7.41. The summed E-state index contributed by atoms with van der Waals surface area (Å²) in [7, 11) is 0. The van der Waals surface area contributed by atoms with E-state index in [-0.39, 0.29) is 31.5 Å². The Morgan fingerprint density at radius 1 is 1.17 bits per heavy atom. The second-order valence-electron chi connectivity index (χ2n) is 7.47. The number of nitrogens with one attached hydrogen (secondary N) is 1. The lowest BCUT2D eigenvalue weighted by atomic mass is 10.1. The molecule has 1 atom stereocenters. The van der Waals surface area contributed by atoms with E-state index in [0.717, 1.165) is 5.56 Å². The number of hydrogen-bond donors (Lipinski definition) is 2. The van der Waals surface area contributed by atoms with Crippen LogP contribution < -0.4 is 10.1 Å². The number of nitrogens with zero attached hydrogens (tertiary/aromatic N) is 7. The summed E-state index contributed by atoms with van der Waals surface area (Å²) in [5.74, 6) is -0.244. The lowest BCUT2D eigenvalue weighted by molar-refractivity contribution is -0.125. The molecule has 0 aliphatic heterocycles. The number of aliphatic hydroxyl groups excluding tert-OH is 1. The van der Waals surface area contributed by atoms with E-state index in [1.54, 1.807) is 16.8 Å². The molecule has 0 fully saturated rings. The standard InChI is InChI=1S/C24H20N8O4/c1-15-17(10-26)3-2-4-19(15)32-22-18(12-30-32)24(29-14-28-22)36-20(13-35-8-7-33)23(34)31-21-6-5-16(9-25)11-27-21/h2-6,11-12,14,20,33H,7-8,13H2,1H3,(H,27,31,34). The number of fused-ring (bicyclic) bond motifs is 1. The van der Waals surface area contributed by atoms with Gasteiger partial charge in [0, 0.05) is 6.20 Å². The van der Waals surface area contributed by atoms with E-state index in [4.69, 9.17) is 19.8 Å². The van der Waals surface area contributed by atoms with Crippen LogP contribution in [0.2, 0.25) is 0 Å². The fourth-order valence-corrected chi connectivity index (χ4v) is 3.36. The molecule has 12 heteroatoms. The van der Waals surface area contributed by atoms with Gasteiger partial charge in [-0.3, -0.25) is 4.79 Å². The largest absolute Gasteiger partial charge is 0.461 e. The molecule has 0 saturated carbocycles. The summed E-state index contributed by atoms with van der Waals surface area (Å²) in [6.45, 7) is 1.42. The highest BCUT2D eigenvalue weighted by atomic mass is 16.5. The molecule has 0 aliphatic rings. The molecule has 36 heavy (non-hydrogen) atoms. The van der Waals surface area contributed by atoms with Crippen molar-refractivity contribution in [3.8, 4) is 23.7 Å². The predicted octanol–water partition coefficient (Wildman–Crippen LogP) is 1.66.